The molecule has 0 fully saturated rings. The van der Waals surface area contributed by atoms with Crippen LogP contribution >= 0.6 is 0 Å². The summed E-state index contributed by atoms with van der Waals surface area (Å²) in [4.78, 5) is 21.0. The molecule has 144 valence electrons. The van der Waals surface area contributed by atoms with Gasteiger partial charge in [0.15, 0.2) is 5.65 Å². The molecule has 0 aliphatic rings. The summed E-state index contributed by atoms with van der Waals surface area (Å²) < 4.78 is 10.7. The molecule has 4 aromatic rings. The Labute approximate surface area is 168 Å². The molecule has 0 aliphatic carbocycles. The first-order valence-electron chi connectivity index (χ1n) is 9.09. The molecular formula is C23H19N3O3. The summed E-state index contributed by atoms with van der Waals surface area (Å²) in [6, 6.07) is 20.8. The Morgan fingerprint density at radius 3 is 2.38 bits per heavy atom. The van der Waals surface area contributed by atoms with Gasteiger partial charge in [0.25, 0.3) is 0 Å². The summed E-state index contributed by atoms with van der Waals surface area (Å²) >= 11 is 0. The van der Waals surface area contributed by atoms with Crippen molar-refractivity contribution in [2.24, 2.45) is 0 Å². The number of para-hydroxylation sites is 1. The molecule has 4 rings (SSSR count). The molecule has 6 nitrogen and oxygen atoms in total. The van der Waals surface area contributed by atoms with Crippen LogP contribution in [0.3, 0.4) is 0 Å². The number of carbonyl (C=O) groups excluding carboxylic acids is 1. The largest absolute Gasteiger partial charge is 0.465 e. The lowest BCUT2D eigenvalue weighted by atomic mass is 10.1. The molecule has 0 atom stereocenters. The summed E-state index contributed by atoms with van der Waals surface area (Å²) in [6.45, 7) is 1.90. The van der Waals surface area contributed by atoms with Crippen molar-refractivity contribution >= 4 is 28.4 Å². The normalized spacial score (nSPS) is 10.6. The van der Waals surface area contributed by atoms with Gasteiger partial charge in [0.1, 0.15) is 17.1 Å². The number of fused-ring (bicyclic) bond motifs is 1. The molecule has 2 aromatic carbocycles. The molecule has 0 radical (unpaired) electrons. The van der Waals surface area contributed by atoms with Gasteiger partial charge in [-0.15, -0.1) is 0 Å². The quantitative estimate of drug-likeness (QED) is 0.472. The summed E-state index contributed by atoms with van der Waals surface area (Å²) in [7, 11) is 1.35. The Balaban J connectivity index is 1.66. The molecular weight excluding hydrogens is 366 g/mol. The summed E-state index contributed by atoms with van der Waals surface area (Å²) in [5.74, 6) is 1.01. The van der Waals surface area contributed by atoms with Gasteiger partial charge in [0, 0.05) is 23.0 Å². The van der Waals surface area contributed by atoms with Crippen LogP contribution in [-0.2, 0) is 4.74 Å². The molecule has 0 unspecified atom stereocenters. The van der Waals surface area contributed by atoms with Crippen molar-refractivity contribution in [1.82, 2.24) is 9.97 Å². The molecule has 0 aliphatic heterocycles. The predicted molar refractivity (Wildman–Crippen MR) is 112 cm³/mol. The number of hydrogen-bond acceptors (Lipinski definition) is 6. The Morgan fingerprint density at radius 1 is 0.931 bits per heavy atom. The van der Waals surface area contributed by atoms with Crippen LogP contribution in [0.25, 0.3) is 11.0 Å². The van der Waals surface area contributed by atoms with Gasteiger partial charge in [-0.05, 0) is 55.5 Å². The van der Waals surface area contributed by atoms with Crippen molar-refractivity contribution in [1.29, 1.82) is 0 Å². The molecule has 0 bridgehead atoms. The third-order valence-electron chi connectivity index (χ3n) is 4.38. The number of esters is 1. The number of aromatic nitrogens is 2. The maximum atomic E-state index is 12.2. The number of pyridine rings is 2. The number of nitrogens with one attached hydrogen (secondary N) is 1. The predicted octanol–water partition coefficient (Wildman–Crippen LogP) is 5.26. The maximum absolute atomic E-state index is 12.2. The highest BCUT2D eigenvalue weighted by atomic mass is 16.5. The van der Waals surface area contributed by atoms with E-state index < -0.39 is 5.97 Å². The monoisotopic (exact) mass is 385 g/mol. The zero-order valence-corrected chi connectivity index (χ0v) is 16.0. The topological polar surface area (TPSA) is 73.3 Å². The first-order chi connectivity index (χ1) is 14.1. The van der Waals surface area contributed by atoms with E-state index in [1.165, 1.54) is 13.3 Å². The number of benzene rings is 2. The van der Waals surface area contributed by atoms with Crippen molar-refractivity contribution in [3.05, 3.63) is 84.2 Å². The Bertz CT molecular complexity index is 1160. The average Bonchev–Trinajstić information content (AvgIpc) is 2.75. The van der Waals surface area contributed by atoms with Crippen LogP contribution < -0.4 is 10.1 Å². The highest BCUT2D eigenvalue weighted by Crippen LogP contribution is 2.30. The number of rotatable bonds is 5. The van der Waals surface area contributed by atoms with Crippen LogP contribution in [0, 0.1) is 6.92 Å². The fraction of sp³-hybridized carbons (Fsp3) is 0.0870. The van der Waals surface area contributed by atoms with Gasteiger partial charge in [0.2, 0.25) is 0 Å². The van der Waals surface area contributed by atoms with E-state index in [1.54, 1.807) is 0 Å². The van der Waals surface area contributed by atoms with E-state index in [-0.39, 0.29) is 0 Å². The van der Waals surface area contributed by atoms with E-state index >= 15 is 0 Å². The Kier molecular flexibility index (Phi) is 5.07. The molecule has 2 heterocycles. The number of ether oxygens (including phenoxy) is 2. The van der Waals surface area contributed by atoms with E-state index in [0.29, 0.717) is 22.6 Å². The van der Waals surface area contributed by atoms with Gasteiger partial charge < -0.3 is 14.8 Å². The van der Waals surface area contributed by atoms with Crippen molar-refractivity contribution in [3.8, 4) is 11.5 Å². The van der Waals surface area contributed by atoms with Crippen molar-refractivity contribution in [3.63, 3.8) is 0 Å². The maximum Gasteiger partial charge on any atom is 0.341 e. The second-order valence-corrected chi connectivity index (χ2v) is 6.43. The smallest absolute Gasteiger partial charge is 0.341 e. The lowest BCUT2D eigenvalue weighted by molar-refractivity contribution is 0.0601. The second-order valence-electron chi connectivity index (χ2n) is 6.43. The molecule has 6 heteroatoms. The zero-order valence-electron chi connectivity index (χ0n) is 16.0. The van der Waals surface area contributed by atoms with Gasteiger partial charge in [-0.25, -0.2) is 14.8 Å². The Hall–Kier alpha value is -3.93. The number of nitrogens with zero attached hydrogens (tertiary/aromatic N) is 2. The van der Waals surface area contributed by atoms with Crippen LogP contribution in [-0.4, -0.2) is 23.0 Å². The lowest BCUT2D eigenvalue weighted by Gasteiger charge is -2.14. The van der Waals surface area contributed by atoms with Crippen LogP contribution in [0.5, 0.6) is 11.5 Å². The average molecular weight is 385 g/mol. The number of aryl methyl sites for hydroxylation is 1. The number of carbonyl (C=O) groups is 1. The lowest BCUT2D eigenvalue weighted by Crippen LogP contribution is -2.08. The molecule has 0 saturated heterocycles. The van der Waals surface area contributed by atoms with Gasteiger partial charge in [0.05, 0.1) is 12.8 Å². The van der Waals surface area contributed by atoms with Crippen molar-refractivity contribution < 1.29 is 14.3 Å². The fourth-order valence-electron chi connectivity index (χ4n) is 2.95. The molecule has 1 N–H and O–H groups in total. The minimum atomic E-state index is -0.466. The van der Waals surface area contributed by atoms with Crippen LogP contribution in [0.15, 0.2) is 72.9 Å². The van der Waals surface area contributed by atoms with Crippen LogP contribution in [0.2, 0.25) is 0 Å². The first kappa shape index (κ1) is 18.4. The molecule has 29 heavy (non-hydrogen) atoms. The van der Waals surface area contributed by atoms with E-state index in [9.17, 15) is 4.79 Å². The summed E-state index contributed by atoms with van der Waals surface area (Å²) in [6.07, 6.45) is 1.48. The van der Waals surface area contributed by atoms with Crippen LogP contribution in [0.4, 0.5) is 11.4 Å². The van der Waals surface area contributed by atoms with Gasteiger partial charge in [-0.1, -0.05) is 18.2 Å². The SMILES string of the molecule is COC(=O)c1cnc2nc(C)ccc2c1Nc1ccc(Oc2ccccc2)cc1. The number of methoxy groups -OCH3 is 1. The minimum Gasteiger partial charge on any atom is -0.465 e. The fourth-order valence-corrected chi connectivity index (χ4v) is 2.95. The highest BCUT2D eigenvalue weighted by molar-refractivity contribution is 6.05. The molecule has 0 amide bonds. The number of hydrogen-bond donors (Lipinski definition) is 1. The minimum absolute atomic E-state index is 0.343. The van der Waals surface area contributed by atoms with E-state index in [0.717, 1.165) is 22.5 Å². The molecule has 0 saturated carbocycles. The third-order valence-corrected chi connectivity index (χ3v) is 4.38. The first-order valence-corrected chi connectivity index (χ1v) is 9.09. The van der Waals surface area contributed by atoms with Crippen molar-refractivity contribution in [2.75, 3.05) is 12.4 Å². The van der Waals surface area contributed by atoms with Crippen molar-refractivity contribution in [2.45, 2.75) is 6.92 Å². The zero-order chi connectivity index (χ0) is 20.2. The van der Waals surface area contributed by atoms with Gasteiger partial charge in [-0.2, -0.15) is 0 Å². The third kappa shape index (κ3) is 4.01. The van der Waals surface area contributed by atoms with E-state index in [2.05, 4.69) is 15.3 Å². The summed E-state index contributed by atoms with van der Waals surface area (Å²) in [5.41, 5.74) is 3.15. The van der Waals surface area contributed by atoms with Crippen LogP contribution in [0.1, 0.15) is 16.1 Å². The summed E-state index contributed by atoms with van der Waals surface area (Å²) in [5, 5.41) is 4.04. The molecule has 2 aromatic heterocycles. The molecule has 0 spiro atoms. The highest BCUT2D eigenvalue weighted by Gasteiger charge is 2.17. The second kappa shape index (κ2) is 7.98. The van der Waals surface area contributed by atoms with Gasteiger partial charge in [-0.3, -0.25) is 0 Å². The Morgan fingerprint density at radius 2 is 1.66 bits per heavy atom. The van der Waals surface area contributed by atoms with E-state index in [1.807, 2.05) is 73.7 Å². The standard InChI is InChI=1S/C23H19N3O3/c1-15-8-13-19-21(20(23(27)28-2)14-24-22(19)25-15)26-16-9-11-18(12-10-16)29-17-6-4-3-5-7-17/h3-14H,1-2H3,(H,24,25,26). The van der Waals surface area contributed by atoms with Gasteiger partial charge >= 0.3 is 5.97 Å². The number of anilines is 2. The van der Waals surface area contributed by atoms with E-state index in [4.69, 9.17) is 9.47 Å².